The molecule has 0 amide bonds. The highest BCUT2D eigenvalue weighted by molar-refractivity contribution is 6.09. The second kappa shape index (κ2) is 8.51. The molecule has 0 saturated carbocycles. The Labute approximate surface area is 147 Å². The molecule has 0 radical (unpaired) electrons. The van der Waals surface area contributed by atoms with Gasteiger partial charge in [-0.05, 0) is 48.9 Å². The molecule has 0 unspecified atom stereocenters. The maximum absolute atomic E-state index is 12.5. The Kier molecular flexibility index (Phi) is 6.39. The van der Waals surface area contributed by atoms with E-state index in [0.717, 1.165) is 30.2 Å². The Morgan fingerprint density at radius 1 is 1.12 bits per heavy atom. The van der Waals surface area contributed by atoms with Gasteiger partial charge in [-0.2, -0.15) is 0 Å². The van der Waals surface area contributed by atoms with Crippen LogP contribution in [0.2, 0.25) is 0 Å². The number of ether oxygens (including phenoxy) is 3. The summed E-state index contributed by atoms with van der Waals surface area (Å²) in [6.45, 7) is 5.47. The fraction of sp³-hybridized carbons (Fsp3) is 0.400. The normalized spacial score (nSPS) is 10.6. The zero-order chi connectivity index (χ0) is 18.4. The number of hydrogen-bond donors (Lipinski definition) is 0. The number of aryl methyl sites for hydroxylation is 1. The summed E-state index contributed by atoms with van der Waals surface area (Å²) >= 11 is 0. The van der Waals surface area contributed by atoms with Crippen molar-refractivity contribution in [1.82, 2.24) is 0 Å². The molecule has 0 fully saturated rings. The van der Waals surface area contributed by atoms with Crippen molar-refractivity contribution in [2.45, 2.75) is 40.0 Å². The Bertz CT molecular complexity index is 779. The standard InChI is InChI=1S/C20H24O5/c1-5-7-8-14-9-10-18(25-13(3)21)19-16(14)11-15(23-4)12-17(19)20(22)24-6-2/h9-12H,5-8H2,1-4H3. The number of hydrogen-bond acceptors (Lipinski definition) is 5. The van der Waals surface area contributed by atoms with E-state index < -0.39 is 11.9 Å². The first kappa shape index (κ1) is 18.8. The van der Waals surface area contributed by atoms with Crippen LogP contribution in [0.4, 0.5) is 0 Å². The average molecular weight is 344 g/mol. The predicted molar refractivity (Wildman–Crippen MR) is 96.4 cm³/mol. The van der Waals surface area contributed by atoms with Crippen LogP contribution < -0.4 is 9.47 Å². The predicted octanol–water partition coefficient (Wildman–Crippen LogP) is 4.29. The molecule has 0 spiro atoms. The Balaban J connectivity index is 2.77. The molecule has 0 saturated heterocycles. The molecule has 0 atom stereocenters. The van der Waals surface area contributed by atoms with Gasteiger partial charge in [-0.25, -0.2) is 4.79 Å². The van der Waals surface area contributed by atoms with Crippen LogP contribution in [0.1, 0.15) is 49.5 Å². The highest BCUT2D eigenvalue weighted by Gasteiger charge is 2.20. The van der Waals surface area contributed by atoms with E-state index in [1.165, 1.54) is 6.92 Å². The molecule has 0 aliphatic carbocycles. The van der Waals surface area contributed by atoms with E-state index in [2.05, 4.69) is 6.92 Å². The van der Waals surface area contributed by atoms with Gasteiger partial charge in [0.05, 0.1) is 19.3 Å². The number of esters is 2. The Morgan fingerprint density at radius 3 is 2.48 bits per heavy atom. The zero-order valence-corrected chi connectivity index (χ0v) is 15.2. The molecule has 5 heteroatoms. The van der Waals surface area contributed by atoms with Crippen LogP contribution in [-0.2, 0) is 16.0 Å². The largest absolute Gasteiger partial charge is 0.497 e. The van der Waals surface area contributed by atoms with Crippen LogP contribution in [0, 0.1) is 0 Å². The van der Waals surface area contributed by atoms with Gasteiger partial charge in [0.2, 0.25) is 0 Å². The number of rotatable bonds is 7. The Hall–Kier alpha value is -2.56. The minimum absolute atomic E-state index is 0.260. The molecule has 25 heavy (non-hydrogen) atoms. The SMILES string of the molecule is CCCCc1ccc(OC(C)=O)c2c(C(=O)OCC)cc(OC)cc12. The lowest BCUT2D eigenvalue weighted by molar-refractivity contribution is -0.131. The maximum atomic E-state index is 12.5. The summed E-state index contributed by atoms with van der Waals surface area (Å²) in [6, 6.07) is 7.17. The van der Waals surface area contributed by atoms with Gasteiger partial charge in [-0.1, -0.05) is 19.4 Å². The van der Waals surface area contributed by atoms with Crippen LogP contribution in [0.15, 0.2) is 24.3 Å². The van der Waals surface area contributed by atoms with E-state index in [1.807, 2.05) is 12.1 Å². The molecule has 2 rings (SSSR count). The summed E-state index contributed by atoms with van der Waals surface area (Å²) in [5.74, 6) is 0.0161. The molecule has 2 aromatic carbocycles. The lowest BCUT2D eigenvalue weighted by Gasteiger charge is -2.15. The van der Waals surface area contributed by atoms with Gasteiger partial charge in [-0.15, -0.1) is 0 Å². The average Bonchev–Trinajstić information content (AvgIpc) is 2.59. The minimum Gasteiger partial charge on any atom is -0.497 e. The molecule has 0 heterocycles. The molecular weight excluding hydrogens is 320 g/mol. The molecule has 2 aromatic rings. The van der Waals surface area contributed by atoms with Crippen molar-refractivity contribution in [3.63, 3.8) is 0 Å². The van der Waals surface area contributed by atoms with Crippen LogP contribution >= 0.6 is 0 Å². The van der Waals surface area contributed by atoms with Crippen molar-refractivity contribution in [3.8, 4) is 11.5 Å². The number of benzene rings is 2. The van der Waals surface area contributed by atoms with E-state index in [-0.39, 0.29) is 6.61 Å². The quantitative estimate of drug-likeness (QED) is 0.554. The number of carbonyl (C=O) groups excluding carboxylic acids is 2. The molecule has 0 N–H and O–H groups in total. The molecular formula is C20H24O5. The second-order valence-corrected chi connectivity index (χ2v) is 5.74. The van der Waals surface area contributed by atoms with E-state index in [4.69, 9.17) is 14.2 Å². The van der Waals surface area contributed by atoms with Gasteiger partial charge in [0.1, 0.15) is 11.5 Å². The van der Waals surface area contributed by atoms with Crippen molar-refractivity contribution >= 4 is 22.7 Å². The monoisotopic (exact) mass is 344 g/mol. The number of unbranched alkanes of at least 4 members (excludes halogenated alkanes) is 1. The topological polar surface area (TPSA) is 61.8 Å². The third-order valence-electron chi connectivity index (χ3n) is 3.92. The van der Waals surface area contributed by atoms with E-state index in [9.17, 15) is 9.59 Å². The van der Waals surface area contributed by atoms with Crippen molar-refractivity contribution < 1.29 is 23.8 Å². The molecule has 0 aliphatic rings. The number of carbonyl (C=O) groups is 2. The number of methoxy groups -OCH3 is 1. The first-order chi connectivity index (χ1) is 12.0. The van der Waals surface area contributed by atoms with Crippen LogP contribution in [0.5, 0.6) is 11.5 Å². The van der Waals surface area contributed by atoms with E-state index >= 15 is 0 Å². The van der Waals surface area contributed by atoms with Crippen LogP contribution in [0.3, 0.4) is 0 Å². The van der Waals surface area contributed by atoms with Gasteiger partial charge in [-0.3, -0.25) is 4.79 Å². The summed E-state index contributed by atoms with van der Waals surface area (Å²) in [4.78, 5) is 24.0. The highest BCUT2D eigenvalue weighted by Crippen LogP contribution is 2.36. The summed E-state index contributed by atoms with van der Waals surface area (Å²) in [5, 5.41) is 1.43. The summed E-state index contributed by atoms with van der Waals surface area (Å²) in [5.41, 5.74) is 1.42. The smallest absolute Gasteiger partial charge is 0.339 e. The Morgan fingerprint density at radius 2 is 1.88 bits per heavy atom. The van der Waals surface area contributed by atoms with Gasteiger partial charge < -0.3 is 14.2 Å². The van der Waals surface area contributed by atoms with Crippen LogP contribution in [0.25, 0.3) is 10.8 Å². The lowest BCUT2D eigenvalue weighted by Crippen LogP contribution is -2.09. The first-order valence-electron chi connectivity index (χ1n) is 8.50. The first-order valence-corrected chi connectivity index (χ1v) is 8.50. The fourth-order valence-corrected chi connectivity index (χ4v) is 2.80. The van der Waals surface area contributed by atoms with Gasteiger partial charge in [0.25, 0.3) is 0 Å². The summed E-state index contributed by atoms with van der Waals surface area (Å²) < 4.78 is 15.9. The van der Waals surface area contributed by atoms with Crippen molar-refractivity contribution in [3.05, 3.63) is 35.4 Å². The third kappa shape index (κ3) is 4.29. The summed E-state index contributed by atoms with van der Waals surface area (Å²) in [7, 11) is 1.55. The molecule has 5 nitrogen and oxygen atoms in total. The molecule has 0 bridgehead atoms. The third-order valence-corrected chi connectivity index (χ3v) is 3.92. The van der Waals surface area contributed by atoms with E-state index in [1.54, 1.807) is 26.2 Å². The van der Waals surface area contributed by atoms with Crippen molar-refractivity contribution in [2.24, 2.45) is 0 Å². The zero-order valence-electron chi connectivity index (χ0n) is 15.2. The van der Waals surface area contributed by atoms with Gasteiger partial charge >= 0.3 is 11.9 Å². The van der Waals surface area contributed by atoms with Gasteiger partial charge in [0, 0.05) is 12.3 Å². The van der Waals surface area contributed by atoms with E-state index in [0.29, 0.717) is 22.4 Å². The molecule has 134 valence electrons. The molecule has 0 aliphatic heterocycles. The summed E-state index contributed by atoms with van der Waals surface area (Å²) in [6.07, 6.45) is 2.94. The van der Waals surface area contributed by atoms with Gasteiger partial charge in [0.15, 0.2) is 0 Å². The maximum Gasteiger partial charge on any atom is 0.339 e. The molecule has 0 aromatic heterocycles. The second-order valence-electron chi connectivity index (χ2n) is 5.74. The highest BCUT2D eigenvalue weighted by atomic mass is 16.5. The minimum atomic E-state index is -0.465. The number of fused-ring (bicyclic) bond motifs is 1. The van der Waals surface area contributed by atoms with Crippen molar-refractivity contribution in [1.29, 1.82) is 0 Å². The van der Waals surface area contributed by atoms with Crippen LogP contribution in [-0.4, -0.2) is 25.7 Å². The van der Waals surface area contributed by atoms with Crippen molar-refractivity contribution in [2.75, 3.05) is 13.7 Å². The lowest BCUT2D eigenvalue weighted by atomic mass is 9.95. The fourth-order valence-electron chi connectivity index (χ4n) is 2.80.